The van der Waals surface area contributed by atoms with Crippen LogP contribution in [-0.2, 0) is 13.6 Å². The van der Waals surface area contributed by atoms with E-state index in [9.17, 15) is 4.79 Å². The van der Waals surface area contributed by atoms with Crippen molar-refractivity contribution in [1.82, 2.24) is 19.9 Å². The third-order valence-corrected chi connectivity index (χ3v) is 2.90. The highest BCUT2D eigenvalue weighted by Crippen LogP contribution is 2.10. The third kappa shape index (κ3) is 3.34. The number of aromatic nitrogens is 3. The minimum absolute atomic E-state index is 0.127. The summed E-state index contributed by atoms with van der Waals surface area (Å²) < 4.78 is 1.88. The third-order valence-electron chi connectivity index (χ3n) is 2.90. The highest BCUT2D eigenvalue weighted by Gasteiger charge is 2.09. The van der Waals surface area contributed by atoms with Gasteiger partial charge in [-0.1, -0.05) is 0 Å². The lowest BCUT2D eigenvalue weighted by molar-refractivity contribution is 0.0949. The zero-order valence-electron chi connectivity index (χ0n) is 12.0. The van der Waals surface area contributed by atoms with Crippen LogP contribution in [-0.4, -0.2) is 27.0 Å². The van der Waals surface area contributed by atoms with E-state index < -0.39 is 0 Å². The summed E-state index contributed by atoms with van der Waals surface area (Å²) >= 11 is 0. The summed E-state index contributed by atoms with van der Waals surface area (Å²) in [5, 5.41) is 5.98. The Hall–Kier alpha value is -2.37. The van der Waals surface area contributed by atoms with E-state index in [2.05, 4.69) is 20.6 Å². The topological polar surface area (TPSA) is 71.8 Å². The summed E-state index contributed by atoms with van der Waals surface area (Å²) in [5.74, 6) is 1.41. The predicted molar refractivity (Wildman–Crippen MR) is 77.5 cm³/mol. The summed E-state index contributed by atoms with van der Waals surface area (Å²) in [7, 11) is 1.90. The van der Waals surface area contributed by atoms with Crippen LogP contribution in [0.15, 0.2) is 24.5 Å². The molecule has 0 unspecified atom stereocenters. The number of carbonyl (C=O) groups is 1. The lowest BCUT2D eigenvalue weighted by Crippen LogP contribution is -2.24. The first-order valence-corrected chi connectivity index (χ1v) is 6.57. The Morgan fingerprint density at radius 3 is 2.85 bits per heavy atom. The second-order valence-corrected chi connectivity index (χ2v) is 4.55. The van der Waals surface area contributed by atoms with Crippen molar-refractivity contribution in [1.29, 1.82) is 0 Å². The van der Waals surface area contributed by atoms with Crippen LogP contribution in [0.1, 0.15) is 28.8 Å². The molecule has 20 heavy (non-hydrogen) atoms. The Balaban J connectivity index is 2.07. The standard InChI is InChI=1S/C14H19N5O/c1-4-15-12-8-11(7-10(2)18-12)14(20)17-9-13-16-5-6-19(13)3/h5-8H,4,9H2,1-3H3,(H,15,18)(H,17,20). The molecule has 0 aromatic carbocycles. The highest BCUT2D eigenvalue weighted by atomic mass is 16.1. The Bertz CT molecular complexity index is 605. The fourth-order valence-corrected chi connectivity index (χ4v) is 1.90. The second kappa shape index (κ2) is 6.18. The van der Waals surface area contributed by atoms with E-state index in [0.29, 0.717) is 12.1 Å². The normalized spacial score (nSPS) is 10.3. The Morgan fingerprint density at radius 2 is 2.20 bits per heavy atom. The Morgan fingerprint density at radius 1 is 1.40 bits per heavy atom. The molecule has 0 saturated carbocycles. The fourth-order valence-electron chi connectivity index (χ4n) is 1.90. The van der Waals surface area contributed by atoms with Crippen molar-refractivity contribution in [2.45, 2.75) is 20.4 Å². The van der Waals surface area contributed by atoms with Gasteiger partial charge in [0.2, 0.25) is 0 Å². The molecule has 6 nitrogen and oxygen atoms in total. The quantitative estimate of drug-likeness (QED) is 0.865. The molecular weight excluding hydrogens is 254 g/mol. The van der Waals surface area contributed by atoms with Crippen LogP contribution in [0.3, 0.4) is 0 Å². The van der Waals surface area contributed by atoms with Gasteiger partial charge in [-0.3, -0.25) is 4.79 Å². The van der Waals surface area contributed by atoms with Gasteiger partial charge in [0.15, 0.2) is 0 Å². The maximum atomic E-state index is 12.2. The van der Waals surface area contributed by atoms with Gasteiger partial charge < -0.3 is 15.2 Å². The summed E-state index contributed by atoms with van der Waals surface area (Å²) in [5.41, 5.74) is 1.41. The van der Waals surface area contributed by atoms with Gasteiger partial charge in [-0.25, -0.2) is 9.97 Å². The zero-order chi connectivity index (χ0) is 14.5. The molecule has 0 aliphatic rings. The molecule has 6 heteroatoms. The molecule has 1 amide bonds. The van der Waals surface area contributed by atoms with Gasteiger partial charge >= 0.3 is 0 Å². The first-order valence-electron chi connectivity index (χ1n) is 6.57. The van der Waals surface area contributed by atoms with Crippen LogP contribution >= 0.6 is 0 Å². The number of carbonyl (C=O) groups excluding carboxylic acids is 1. The van der Waals surface area contributed by atoms with Crippen molar-refractivity contribution >= 4 is 11.7 Å². The summed E-state index contributed by atoms with van der Waals surface area (Å²) in [6, 6.07) is 3.53. The molecule has 0 saturated heterocycles. The minimum atomic E-state index is -0.127. The van der Waals surface area contributed by atoms with Crippen LogP contribution in [0, 0.1) is 6.92 Å². The first kappa shape index (κ1) is 14.0. The molecule has 106 valence electrons. The number of rotatable bonds is 5. The van der Waals surface area contributed by atoms with Crippen LogP contribution < -0.4 is 10.6 Å². The van der Waals surface area contributed by atoms with Crippen molar-refractivity contribution in [3.05, 3.63) is 41.6 Å². The van der Waals surface area contributed by atoms with Crippen LogP contribution in [0.25, 0.3) is 0 Å². The Labute approximate surface area is 118 Å². The van der Waals surface area contributed by atoms with Gasteiger partial charge in [0.05, 0.1) is 6.54 Å². The van der Waals surface area contributed by atoms with Crippen molar-refractivity contribution < 1.29 is 4.79 Å². The van der Waals surface area contributed by atoms with E-state index in [1.807, 2.05) is 31.7 Å². The molecule has 2 aromatic rings. The number of hydrogen-bond acceptors (Lipinski definition) is 4. The van der Waals surface area contributed by atoms with E-state index in [1.54, 1.807) is 18.3 Å². The number of hydrogen-bond donors (Lipinski definition) is 2. The lowest BCUT2D eigenvalue weighted by Gasteiger charge is -2.08. The maximum absolute atomic E-state index is 12.2. The SMILES string of the molecule is CCNc1cc(C(=O)NCc2nccn2C)cc(C)n1. The van der Waals surface area contributed by atoms with Crippen molar-refractivity contribution in [2.75, 3.05) is 11.9 Å². The maximum Gasteiger partial charge on any atom is 0.251 e. The number of anilines is 1. The fraction of sp³-hybridized carbons (Fsp3) is 0.357. The molecule has 0 spiro atoms. The van der Waals surface area contributed by atoms with Gasteiger partial charge in [-0.2, -0.15) is 0 Å². The molecule has 2 heterocycles. The highest BCUT2D eigenvalue weighted by molar-refractivity contribution is 5.94. The summed E-state index contributed by atoms with van der Waals surface area (Å²) in [6.07, 6.45) is 3.56. The summed E-state index contributed by atoms with van der Waals surface area (Å²) in [6.45, 7) is 5.03. The lowest BCUT2D eigenvalue weighted by atomic mass is 10.2. The van der Waals surface area contributed by atoms with E-state index in [1.165, 1.54) is 0 Å². The monoisotopic (exact) mass is 273 g/mol. The van der Waals surface area contributed by atoms with Crippen LogP contribution in [0.2, 0.25) is 0 Å². The molecule has 0 bridgehead atoms. The van der Waals surface area contributed by atoms with Gasteiger partial charge in [-0.15, -0.1) is 0 Å². The van der Waals surface area contributed by atoms with Gasteiger partial charge in [0, 0.05) is 37.2 Å². The van der Waals surface area contributed by atoms with Crippen LogP contribution in [0.4, 0.5) is 5.82 Å². The number of imidazole rings is 1. The first-order chi connectivity index (χ1) is 9.60. The number of nitrogens with one attached hydrogen (secondary N) is 2. The summed E-state index contributed by atoms with van der Waals surface area (Å²) in [4.78, 5) is 20.6. The van der Waals surface area contributed by atoms with E-state index >= 15 is 0 Å². The molecule has 0 fully saturated rings. The Kier molecular flexibility index (Phi) is 4.34. The largest absolute Gasteiger partial charge is 0.370 e. The van der Waals surface area contributed by atoms with E-state index in [4.69, 9.17) is 0 Å². The number of pyridine rings is 1. The molecular formula is C14H19N5O. The molecule has 2 aromatic heterocycles. The smallest absolute Gasteiger partial charge is 0.251 e. The van der Waals surface area contributed by atoms with Gasteiger partial charge in [0.1, 0.15) is 11.6 Å². The number of nitrogens with zero attached hydrogens (tertiary/aromatic N) is 3. The minimum Gasteiger partial charge on any atom is -0.370 e. The van der Waals surface area contributed by atoms with Crippen LogP contribution in [0.5, 0.6) is 0 Å². The van der Waals surface area contributed by atoms with Gasteiger partial charge in [0.25, 0.3) is 5.91 Å². The van der Waals surface area contributed by atoms with E-state index in [0.717, 1.165) is 23.9 Å². The average Bonchev–Trinajstić information content (AvgIpc) is 2.81. The zero-order valence-corrected chi connectivity index (χ0v) is 12.0. The second-order valence-electron chi connectivity index (χ2n) is 4.55. The van der Waals surface area contributed by atoms with Gasteiger partial charge in [-0.05, 0) is 26.0 Å². The predicted octanol–water partition coefficient (Wildman–Crippen LogP) is 1.49. The number of amides is 1. The van der Waals surface area contributed by atoms with E-state index in [-0.39, 0.29) is 5.91 Å². The average molecular weight is 273 g/mol. The molecule has 2 rings (SSSR count). The molecule has 0 radical (unpaired) electrons. The molecule has 0 aliphatic heterocycles. The molecule has 2 N–H and O–H groups in total. The van der Waals surface area contributed by atoms with Crippen molar-refractivity contribution in [2.24, 2.45) is 7.05 Å². The molecule has 0 aliphatic carbocycles. The number of aryl methyl sites for hydroxylation is 2. The molecule has 0 atom stereocenters. The van der Waals surface area contributed by atoms with Crippen molar-refractivity contribution in [3.8, 4) is 0 Å². The van der Waals surface area contributed by atoms with Crippen molar-refractivity contribution in [3.63, 3.8) is 0 Å².